The Labute approximate surface area is 204 Å². The van der Waals surface area contributed by atoms with E-state index in [1.807, 2.05) is 0 Å². The van der Waals surface area contributed by atoms with E-state index in [1.165, 1.54) is 60.8 Å². The van der Waals surface area contributed by atoms with E-state index in [2.05, 4.69) is 116 Å². The fourth-order valence-electron chi connectivity index (χ4n) is 3.81. The molecule has 0 heterocycles. The van der Waals surface area contributed by atoms with Crippen LogP contribution in [-0.2, 0) is 23.3 Å². The van der Waals surface area contributed by atoms with Crippen LogP contribution >= 0.6 is 0 Å². The van der Waals surface area contributed by atoms with Gasteiger partial charge in [0.25, 0.3) is 0 Å². The molecule has 0 saturated carbocycles. The molecule has 0 atom stereocenters. The van der Waals surface area contributed by atoms with E-state index < -0.39 is 0 Å². The summed E-state index contributed by atoms with van der Waals surface area (Å²) < 4.78 is 0. The van der Waals surface area contributed by atoms with Crippen molar-refractivity contribution in [3.63, 3.8) is 0 Å². The van der Waals surface area contributed by atoms with Gasteiger partial charge in [0.2, 0.25) is 0 Å². The largest absolute Gasteiger partial charge is 0.196 e. The van der Waals surface area contributed by atoms with E-state index in [0.29, 0.717) is 0 Å². The fraction of sp³-hybridized carbons (Fsp3) is 0.310. The van der Waals surface area contributed by atoms with Crippen molar-refractivity contribution in [1.29, 1.82) is 0 Å². The van der Waals surface area contributed by atoms with Gasteiger partial charge in [-0.05, 0) is 13.8 Å². The van der Waals surface area contributed by atoms with Crippen LogP contribution in [0.4, 0.5) is 0 Å². The molecular weight excluding hydrogens is 468 g/mol. The van der Waals surface area contributed by atoms with Gasteiger partial charge in [-0.15, -0.1) is 40.1 Å². The molecule has 4 aromatic carbocycles. The minimum Gasteiger partial charge on any atom is -0.196 e. The maximum atomic E-state index is 2.32. The van der Waals surface area contributed by atoms with Gasteiger partial charge in [-0.1, -0.05) is 81.6 Å². The summed E-state index contributed by atoms with van der Waals surface area (Å²) in [5, 5.41) is 2.73. The van der Waals surface area contributed by atoms with Gasteiger partial charge in [0.05, 0.1) is 0 Å². The molecule has 0 aliphatic carbocycles. The van der Waals surface area contributed by atoms with Gasteiger partial charge in [0.1, 0.15) is 0 Å². The first kappa shape index (κ1) is 25.8. The van der Waals surface area contributed by atoms with Gasteiger partial charge in [0.15, 0.2) is 0 Å². The summed E-state index contributed by atoms with van der Waals surface area (Å²) in [5.74, 6) is 0. The van der Waals surface area contributed by atoms with Crippen LogP contribution in [0.15, 0.2) is 54.6 Å². The first-order chi connectivity index (χ1) is 14.5. The van der Waals surface area contributed by atoms with Crippen LogP contribution in [-0.4, -0.2) is 5.43 Å². The van der Waals surface area contributed by atoms with Crippen molar-refractivity contribution in [3.05, 3.63) is 93.5 Å². The molecule has 0 aromatic heterocycles. The summed E-state index contributed by atoms with van der Waals surface area (Å²) >= 11 is 1.74. The Morgan fingerprint density at radius 3 is 1.61 bits per heavy atom. The fourth-order valence-corrected chi connectivity index (χ4v) is 3.81. The predicted molar refractivity (Wildman–Crippen MR) is 138 cm³/mol. The SMILES string of the molecule is C[Si](C)=[Zr+2].Cc1[cH-]c(C)c(C)c1C.Cc1cc2[cH-]c(C)c(-c3ccccc3)c2cc1C. The van der Waals surface area contributed by atoms with Crippen LogP contribution in [0.2, 0.25) is 13.1 Å². The Balaban J connectivity index is 0.000000220. The van der Waals surface area contributed by atoms with Crippen molar-refractivity contribution < 1.29 is 23.3 Å². The molecule has 31 heavy (non-hydrogen) atoms. The van der Waals surface area contributed by atoms with E-state index in [4.69, 9.17) is 0 Å². The average molecular weight is 504 g/mol. The van der Waals surface area contributed by atoms with Crippen LogP contribution in [0.25, 0.3) is 21.9 Å². The first-order valence-corrected chi connectivity index (χ1v) is 17.2. The molecule has 4 aromatic rings. The predicted octanol–water partition coefficient (Wildman–Crippen LogP) is 8.57. The number of aryl methyl sites for hydroxylation is 5. The third kappa shape index (κ3) is 6.74. The second kappa shape index (κ2) is 11.4. The molecule has 0 amide bonds. The Hall–Kier alpha value is -1.50. The molecule has 0 aliphatic heterocycles. The number of hydrogen-bond acceptors (Lipinski definition) is 0. The standard InChI is InChI=1S/C18H17.C9H13.C2H6Si.Zr/c1-12-9-16-10-14(3)18(17(16)11-13(12)2)15-7-5-4-6-8-15;1-6-5-7(2)9(4)8(6)3;1-3-2;/h4-11H,1-3H3;5H,1-4H3;1-2H3;/q2*-1;;+2. The molecular formula is C29H36SiZr. The number of fused-ring (bicyclic) bond motifs is 1. The van der Waals surface area contributed by atoms with Crippen molar-refractivity contribution in [2.75, 3.05) is 0 Å². The minimum atomic E-state index is 0.210. The first-order valence-electron chi connectivity index (χ1n) is 11.0. The van der Waals surface area contributed by atoms with Gasteiger partial charge in [0, 0.05) is 0 Å². The van der Waals surface area contributed by atoms with Crippen molar-refractivity contribution in [2.45, 2.75) is 61.6 Å². The Kier molecular flexibility index (Phi) is 9.46. The normalized spacial score (nSPS) is 10.3. The van der Waals surface area contributed by atoms with Gasteiger partial charge in [-0.2, -0.15) is 28.3 Å². The molecule has 4 rings (SSSR count). The summed E-state index contributed by atoms with van der Waals surface area (Å²) in [4.78, 5) is 0. The van der Waals surface area contributed by atoms with E-state index in [9.17, 15) is 0 Å². The molecule has 0 radical (unpaired) electrons. The zero-order chi connectivity index (χ0) is 23.3. The molecule has 0 bridgehead atoms. The third-order valence-electron chi connectivity index (χ3n) is 5.94. The Morgan fingerprint density at radius 1 is 0.677 bits per heavy atom. The molecule has 2 heteroatoms. The van der Waals surface area contributed by atoms with Crippen molar-refractivity contribution in [3.8, 4) is 11.1 Å². The molecule has 0 nitrogen and oxygen atoms in total. The summed E-state index contributed by atoms with van der Waals surface area (Å²) in [6.45, 7) is 19.9. The van der Waals surface area contributed by atoms with Gasteiger partial charge >= 0.3 is 41.9 Å². The number of hydrogen-bond donors (Lipinski definition) is 0. The molecule has 0 saturated heterocycles. The summed E-state index contributed by atoms with van der Waals surface area (Å²) in [5.41, 5.74) is 12.7. The van der Waals surface area contributed by atoms with Crippen LogP contribution in [0, 0.1) is 48.5 Å². The smallest absolute Gasteiger partial charge is 0.0411 e. The Bertz CT molecular complexity index is 1150. The van der Waals surface area contributed by atoms with E-state index in [0.717, 1.165) is 0 Å². The second-order valence-corrected chi connectivity index (χ2v) is 18.2. The summed E-state index contributed by atoms with van der Waals surface area (Å²) in [6.07, 6.45) is 0. The topological polar surface area (TPSA) is 0 Å². The molecule has 0 unspecified atom stereocenters. The zero-order valence-electron chi connectivity index (χ0n) is 20.7. The zero-order valence-corrected chi connectivity index (χ0v) is 24.2. The maximum absolute atomic E-state index is 2.32. The molecule has 0 N–H and O–H groups in total. The van der Waals surface area contributed by atoms with Crippen molar-refractivity contribution in [1.82, 2.24) is 0 Å². The van der Waals surface area contributed by atoms with E-state index in [1.54, 1.807) is 23.3 Å². The van der Waals surface area contributed by atoms with Gasteiger partial charge in [-0.3, -0.25) is 0 Å². The third-order valence-corrected chi connectivity index (χ3v) is 5.94. The minimum absolute atomic E-state index is 0.210. The van der Waals surface area contributed by atoms with E-state index in [-0.39, 0.29) is 5.43 Å². The Morgan fingerprint density at radius 2 is 1.16 bits per heavy atom. The van der Waals surface area contributed by atoms with Crippen LogP contribution in [0.5, 0.6) is 0 Å². The van der Waals surface area contributed by atoms with Crippen LogP contribution in [0.1, 0.15) is 38.9 Å². The summed E-state index contributed by atoms with van der Waals surface area (Å²) in [6, 6.07) is 19.8. The second-order valence-electron chi connectivity index (χ2n) is 8.85. The quantitative estimate of drug-likeness (QED) is 0.180. The van der Waals surface area contributed by atoms with Crippen LogP contribution < -0.4 is 0 Å². The number of rotatable bonds is 1. The van der Waals surface area contributed by atoms with Gasteiger partial charge in [-0.25, -0.2) is 0 Å². The maximum Gasteiger partial charge on any atom is -0.0411 e. The molecule has 0 spiro atoms. The van der Waals surface area contributed by atoms with E-state index >= 15 is 0 Å². The van der Waals surface area contributed by atoms with Crippen LogP contribution in [0.3, 0.4) is 0 Å². The summed E-state index contributed by atoms with van der Waals surface area (Å²) in [7, 11) is 0. The molecule has 0 aliphatic rings. The number of benzene rings is 2. The van der Waals surface area contributed by atoms with Crippen molar-refractivity contribution >= 4 is 16.2 Å². The van der Waals surface area contributed by atoms with Crippen molar-refractivity contribution in [2.24, 2.45) is 0 Å². The average Bonchev–Trinajstić information content (AvgIpc) is 3.12. The van der Waals surface area contributed by atoms with Gasteiger partial charge < -0.3 is 0 Å². The molecule has 160 valence electrons. The molecule has 0 fully saturated rings. The monoisotopic (exact) mass is 502 g/mol.